The molecule has 0 aliphatic rings. The molecule has 0 fully saturated rings. The summed E-state index contributed by atoms with van der Waals surface area (Å²) in [5.41, 5.74) is 1.58. The van der Waals surface area contributed by atoms with Crippen molar-refractivity contribution in [3.05, 3.63) is 17.5 Å². The van der Waals surface area contributed by atoms with Crippen molar-refractivity contribution in [2.24, 2.45) is 0 Å². The molecule has 6 heteroatoms. The number of aliphatic hydroxyl groups is 1. The van der Waals surface area contributed by atoms with Crippen molar-refractivity contribution in [2.75, 3.05) is 19.0 Å². The summed E-state index contributed by atoms with van der Waals surface area (Å²) in [5, 5.41) is 11.7. The molecule has 1 aromatic heterocycles. The molecular formula is C10H15N3O3. The zero-order chi connectivity index (χ0) is 12.1. The predicted molar refractivity (Wildman–Crippen MR) is 58.0 cm³/mol. The summed E-state index contributed by atoms with van der Waals surface area (Å²) < 4.78 is 4.52. The second-order valence-corrected chi connectivity index (χ2v) is 3.38. The first-order valence-electron chi connectivity index (χ1n) is 4.84. The van der Waals surface area contributed by atoms with Crippen molar-refractivity contribution >= 4 is 11.9 Å². The SMILES string of the molecule is COC(=O)C(CO)Nc1nc(C)cc(C)n1. The summed E-state index contributed by atoms with van der Waals surface area (Å²) in [6.07, 6.45) is 0. The molecule has 2 N–H and O–H groups in total. The summed E-state index contributed by atoms with van der Waals surface area (Å²) in [4.78, 5) is 19.4. The van der Waals surface area contributed by atoms with Crippen LogP contribution in [-0.2, 0) is 9.53 Å². The maximum atomic E-state index is 11.2. The van der Waals surface area contributed by atoms with Crippen molar-refractivity contribution < 1.29 is 14.6 Å². The summed E-state index contributed by atoms with van der Waals surface area (Å²) in [6.45, 7) is 3.28. The molecule has 16 heavy (non-hydrogen) atoms. The summed E-state index contributed by atoms with van der Waals surface area (Å²) in [7, 11) is 1.26. The molecule has 1 unspecified atom stereocenters. The number of esters is 1. The van der Waals surface area contributed by atoms with E-state index < -0.39 is 12.0 Å². The lowest BCUT2D eigenvalue weighted by molar-refractivity contribution is -0.142. The molecule has 6 nitrogen and oxygen atoms in total. The molecule has 0 radical (unpaired) electrons. The van der Waals surface area contributed by atoms with Crippen LogP contribution in [0.5, 0.6) is 0 Å². The van der Waals surface area contributed by atoms with Crippen LogP contribution in [0.25, 0.3) is 0 Å². The number of hydrogen-bond donors (Lipinski definition) is 2. The van der Waals surface area contributed by atoms with Crippen LogP contribution in [0.4, 0.5) is 5.95 Å². The second-order valence-electron chi connectivity index (χ2n) is 3.38. The van der Waals surface area contributed by atoms with Crippen LogP contribution < -0.4 is 5.32 Å². The molecule has 1 rings (SSSR count). The first-order chi connectivity index (χ1) is 7.56. The van der Waals surface area contributed by atoms with E-state index in [1.165, 1.54) is 7.11 Å². The number of methoxy groups -OCH3 is 1. The minimum atomic E-state index is -0.841. The van der Waals surface area contributed by atoms with Gasteiger partial charge in [-0.1, -0.05) is 0 Å². The van der Waals surface area contributed by atoms with E-state index in [1.54, 1.807) is 0 Å². The second kappa shape index (κ2) is 5.41. The number of aryl methyl sites for hydroxylation is 2. The number of carbonyl (C=O) groups excluding carboxylic acids is 1. The Morgan fingerprint density at radius 1 is 1.50 bits per heavy atom. The van der Waals surface area contributed by atoms with Crippen LogP contribution in [0.1, 0.15) is 11.4 Å². The number of nitrogens with zero attached hydrogens (tertiary/aromatic N) is 2. The van der Waals surface area contributed by atoms with Crippen LogP contribution in [-0.4, -0.2) is 40.8 Å². The van der Waals surface area contributed by atoms with Crippen LogP contribution in [0.3, 0.4) is 0 Å². The maximum Gasteiger partial charge on any atom is 0.330 e. The van der Waals surface area contributed by atoms with Gasteiger partial charge in [-0.15, -0.1) is 0 Å². The zero-order valence-corrected chi connectivity index (χ0v) is 9.52. The summed E-state index contributed by atoms with van der Waals surface area (Å²) in [6, 6.07) is 0.975. The highest BCUT2D eigenvalue weighted by atomic mass is 16.5. The van der Waals surface area contributed by atoms with Crippen molar-refractivity contribution in [3.8, 4) is 0 Å². The smallest absolute Gasteiger partial charge is 0.330 e. The lowest BCUT2D eigenvalue weighted by atomic mass is 10.3. The molecule has 0 bridgehead atoms. The third-order valence-corrected chi connectivity index (χ3v) is 1.95. The van der Waals surface area contributed by atoms with Gasteiger partial charge in [0.1, 0.15) is 0 Å². The fourth-order valence-electron chi connectivity index (χ4n) is 1.27. The average Bonchev–Trinajstić information content (AvgIpc) is 2.23. The Kier molecular flexibility index (Phi) is 4.19. The molecule has 0 saturated carbocycles. The van der Waals surface area contributed by atoms with Gasteiger partial charge in [-0.05, 0) is 19.9 Å². The van der Waals surface area contributed by atoms with Gasteiger partial charge in [-0.2, -0.15) is 0 Å². The number of aromatic nitrogens is 2. The van der Waals surface area contributed by atoms with E-state index in [4.69, 9.17) is 5.11 Å². The molecule has 1 aromatic rings. The van der Waals surface area contributed by atoms with Crippen LogP contribution >= 0.6 is 0 Å². The van der Waals surface area contributed by atoms with E-state index in [0.717, 1.165) is 11.4 Å². The van der Waals surface area contributed by atoms with E-state index in [0.29, 0.717) is 5.95 Å². The molecule has 0 aliphatic carbocycles. The van der Waals surface area contributed by atoms with Gasteiger partial charge in [0.2, 0.25) is 5.95 Å². The number of nitrogens with one attached hydrogen (secondary N) is 1. The van der Waals surface area contributed by atoms with Crippen molar-refractivity contribution in [1.82, 2.24) is 9.97 Å². The number of rotatable bonds is 4. The van der Waals surface area contributed by atoms with E-state index in [2.05, 4.69) is 20.0 Å². The fourth-order valence-corrected chi connectivity index (χ4v) is 1.27. The Hall–Kier alpha value is -1.69. The minimum absolute atomic E-state index is 0.307. The van der Waals surface area contributed by atoms with Gasteiger partial charge >= 0.3 is 5.97 Å². The number of ether oxygens (including phenoxy) is 1. The minimum Gasteiger partial charge on any atom is -0.467 e. The van der Waals surface area contributed by atoms with Gasteiger partial charge in [0.05, 0.1) is 13.7 Å². The standard InChI is InChI=1S/C10H15N3O3/c1-6-4-7(2)12-10(11-6)13-8(5-14)9(15)16-3/h4,8,14H,5H2,1-3H3,(H,11,12,13). The van der Waals surface area contributed by atoms with Gasteiger partial charge in [0, 0.05) is 11.4 Å². The largest absolute Gasteiger partial charge is 0.467 e. The van der Waals surface area contributed by atoms with Gasteiger partial charge < -0.3 is 15.2 Å². The molecular weight excluding hydrogens is 210 g/mol. The van der Waals surface area contributed by atoms with Crippen LogP contribution in [0, 0.1) is 13.8 Å². The number of anilines is 1. The molecule has 1 atom stereocenters. The Bertz CT molecular complexity index is 361. The topological polar surface area (TPSA) is 84.3 Å². The van der Waals surface area contributed by atoms with E-state index in [9.17, 15) is 4.79 Å². The molecule has 0 aromatic carbocycles. The molecule has 88 valence electrons. The molecule has 1 heterocycles. The molecule has 0 amide bonds. The highest BCUT2D eigenvalue weighted by Crippen LogP contribution is 2.05. The first kappa shape index (κ1) is 12.4. The highest BCUT2D eigenvalue weighted by Gasteiger charge is 2.18. The van der Waals surface area contributed by atoms with Gasteiger partial charge in [-0.25, -0.2) is 14.8 Å². The fraction of sp³-hybridized carbons (Fsp3) is 0.500. The molecule has 0 spiro atoms. The van der Waals surface area contributed by atoms with E-state index >= 15 is 0 Å². The van der Waals surface area contributed by atoms with Crippen LogP contribution in [0.15, 0.2) is 6.07 Å². The Morgan fingerprint density at radius 3 is 2.50 bits per heavy atom. The monoisotopic (exact) mass is 225 g/mol. The van der Waals surface area contributed by atoms with Crippen molar-refractivity contribution in [2.45, 2.75) is 19.9 Å². The number of hydrogen-bond acceptors (Lipinski definition) is 6. The normalized spacial score (nSPS) is 12.0. The highest BCUT2D eigenvalue weighted by molar-refractivity contribution is 5.78. The first-order valence-corrected chi connectivity index (χ1v) is 4.84. The summed E-state index contributed by atoms with van der Waals surface area (Å²) in [5.74, 6) is -0.243. The lowest BCUT2D eigenvalue weighted by Gasteiger charge is -2.14. The van der Waals surface area contributed by atoms with Gasteiger partial charge in [-0.3, -0.25) is 0 Å². The Morgan fingerprint density at radius 2 is 2.06 bits per heavy atom. The van der Waals surface area contributed by atoms with Gasteiger partial charge in [0.25, 0.3) is 0 Å². The third kappa shape index (κ3) is 3.16. The zero-order valence-electron chi connectivity index (χ0n) is 9.52. The maximum absolute atomic E-state index is 11.2. The lowest BCUT2D eigenvalue weighted by Crippen LogP contribution is -2.34. The van der Waals surface area contributed by atoms with E-state index in [1.807, 2.05) is 19.9 Å². The van der Waals surface area contributed by atoms with Crippen LogP contribution in [0.2, 0.25) is 0 Å². The quantitative estimate of drug-likeness (QED) is 0.704. The van der Waals surface area contributed by atoms with Crippen molar-refractivity contribution in [1.29, 1.82) is 0 Å². The van der Waals surface area contributed by atoms with Crippen molar-refractivity contribution in [3.63, 3.8) is 0 Å². The number of carbonyl (C=O) groups is 1. The number of aliphatic hydroxyl groups excluding tert-OH is 1. The average molecular weight is 225 g/mol. The third-order valence-electron chi connectivity index (χ3n) is 1.95. The Labute approximate surface area is 93.7 Å². The molecule has 0 saturated heterocycles. The predicted octanol–water partition coefficient (Wildman–Crippen LogP) is 0.0392. The van der Waals surface area contributed by atoms with E-state index in [-0.39, 0.29) is 6.61 Å². The summed E-state index contributed by atoms with van der Waals surface area (Å²) >= 11 is 0. The Balaban J connectivity index is 2.81. The van der Waals surface area contributed by atoms with Gasteiger partial charge in [0.15, 0.2) is 6.04 Å². The molecule has 0 aliphatic heterocycles.